The van der Waals surface area contributed by atoms with Crippen LogP contribution in [0, 0.1) is 6.92 Å². The molecule has 0 atom stereocenters. The monoisotopic (exact) mass is 267 g/mol. The number of primary amides is 1. The zero-order chi connectivity index (χ0) is 14.3. The van der Waals surface area contributed by atoms with Crippen molar-refractivity contribution in [3.8, 4) is 5.69 Å². The van der Waals surface area contributed by atoms with Crippen LogP contribution in [-0.2, 0) is 0 Å². The van der Waals surface area contributed by atoms with Crippen molar-refractivity contribution >= 4 is 22.5 Å². The first kappa shape index (κ1) is 12.2. The van der Waals surface area contributed by atoms with Gasteiger partial charge in [-0.2, -0.15) is 5.10 Å². The van der Waals surface area contributed by atoms with E-state index in [-0.39, 0.29) is 0 Å². The lowest BCUT2D eigenvalue weighted by Crippen LogP contribution is -2.09. The maximum atomic E-state index is 11.2. The van der Waals surface area contributed by atoms with Crippen LogP contribution in [0.4, 0.5) is 5.69 Å². The predicted octanol–water partition coefficient (Wildman–Crippen LogP) is 1.41. The molecule has 100 valence electrons. The summed E-state index contributed by atoms with van der Waals surface area (Å²) in [5.74, 6) is -0.508. The average Bonchev–Trinajstić information content (AvgIpc) is 2.88. The third kappa shape index (κ3) is 1.97. The van der Waals surface area contributed by atoms with Crippen LogP contribution in [0.5, 0.6) is 0 Å². The molecular weight excluding hydrogens is 254 g/mol. The molecule has 0 bridgehead atoms. The number of hydrogen-bond donors (Lipinski definition) is 2. The number of carbonyl (C=O) groups is 1. The summed E-state index contributed by atoms with van der Waals surface area (Å²) in [6.45, 7) is 1.90. The summed E-state index contributed by atoms with van der Waals surface area (Å²) in [6.07, 6.45) is 3.04. The van der Waals surface area contributed by atoms with Gasteiger partial charge in [0.05, 0.1) is 23.0 Å². The van der Waals surface area contributed by atoms with Crippen molar-refractivity contribution in [1.82, 2.24) is 14.8 Å². The fourth-order valence-electron chi connectivity index (χ4n) is 2.13. The Morgan fingerprint density at radius 2 is 2.10 bits per heavy atom. The highest BCUT2D eigenvalue weighted by Gasteiger charge is 2.10. The Hall–Kier alpha value is -2.89. The third-order valence-corrected chi connectivity index (χ3v) is 3.05. The highest BCUT2D eigenvalue weighted by molar-refractivity contribution is 5.93. The van der Waals surface area contributed by atoms with Gasteiger partial charge < -0.3 is 11.5 Å². The van der Waals surface area contributed by atoms with Gasteiger partial charge in [0.2, 0.25) is 0 Å². The molecule has 3 rings (SSSR count). The van der Waals surface area contributed by atoms with Crippen molar-refractivity contribution in [1.29, 1.82) is 0 Å². The van der Waals surface area contributed by atoms with Gasteiger partial charge in [-0.25, -0.2) is 4.68 Å². The number of anilines is 1. The molecule has 2 heterocycles. The quantitative estimate of drug-likeness (QED) is 0.685. The zero-order valence-corrected chi connectivity index (χ0v) is 10.9. The van der Waals surface area contributed by atoms with Gasteiger partial charge in [0, 0.05) is 23.0 Å². The zero-order valence-electron chi connectivity index (χ0n) is 10.9. The number of amides is 1. The third-order valence-electron chi connectivity index (χ3n) is 3.05. The van der Waals surface area contributed by atoms with Crippen molar-refractivity contribution in [2.45, 2.75) is 6.92 Å². The van der Waals surface area contributed by atoms with Crippen LogP contribution < -0.4 is 11.5 Å². The number of nitrogens with two attached hydrogens (primary N) is 2. The van der Waals surface area contributed by atoms with E-state index in [4.69, 9.17) is 11.5 Å². The molecule has 0 saturated heterocycles. The Bertz CT molecular complexity index is 822. The van der Waals surface area contributed by atoms with Crippen molar-refractivity contribution in [3.05, 3.63) is 47.9 Å². The summed E-state index contributed by atoms with van der Waals surface area (Å²) in [7, 11) is 0. The summed E-state index contributed by atoms with van der Waals surface area (Å²) < 4.78 is 1.61. The van der Waals surface area contributed by atoms with E-state index in [9.17, 15) is 4.79 Å². The Morgan fingerprint density at radius 1 is 1.30 bits per heavy atom. The molecule has 0 aliphatic carbocycles. The molecule has 6 nitrogen and oxygen atoms in total. The summed E-state index contributed by atoms with van der Waals surface area (Å²) >= 11 is 0. The van der Waals surface area contributed by atoms with Crippen LogP contribution >= 0.6 is 0 Å². The molecular formula is C14H13N5O. The number of hydrogen-bond acceptors (Lipinski definition) is 4. The van der Waals surface area contributed by atoms with Gasteiger partial charge in [0.1, 0.15) is 0 Å². The predicted molar refractivity (Wildman–Crippen MR) is 76.5 cm³/mol. The van der Waals surface area contributed by atoms with Gasteiger partial charge in [0.15, 0.2) is 0 Å². The van der Waals surface area contributed by atoms with Crippen molar-refractivity contribution in [2.75, 3.05) is 5.73 Å². The molecule has 0 radical (unpaired) electrons. The average molecular weight is 267 g/mol. The van der Waals surface area contributed by atoms with Gasteiger partial charge in [0.25, 0.3) is 5.91 Å². The molecule has 0 saturated carbocycles. The number of carbonyl (C=O) groups excluding carboxylic acids is 1. The van der Waals surface area contributed by atoms with Crippen LogP contribution in [0.1, 0.15) is 16.1 Å². The van der Waals surface area contributed by atoms with Gasteiger partial charge in [-0.05, 0) is 31.2 Å². The minimum atomic E-state index is -0.508. The maximum absolute atomic E-state index is 11.2. The second-order valence-corrected chi connectivity index (χ2v) is 4.60. The van der Waals surface area contributed by atoms with Gasteiger partial charge in [-0.3, -0.25) is 9.78 Å². The van der Waals surface area contributed by atoms with E-state index in [0.29, 0.717) is 11.3 Å². The second kappa shape index (κ2) is 4.34. The fraction of sp³-hybridized carbons (Fsp3) is 0.0714. The minimum Gasteiger partial charge on any atom is -0.399 e. The van der Waals surface area contributed by atoms with Crippen LogP contribution in [0.15, 0.2) is 36.7 Å². The van der Waals surface area contributed by atoms with E-state index in [1.165, 1.54) is 6.20 Å². The highest BCUT2D eigenvalue weighted by atomic mass is 16.1. The van der Waals surface area contributed by atoms with E-state index < -0.39 is 5.91 Å². The molecule has 0 fully saturated rings. The largest absolute Gasteiger partial charge is 0.399 e. The molecule has 2 aromatic heterocycles. The number of benzene rings is 1. The number of aromatic nitrogens is 3. The molecule has 20 heavy (non-hydrogen) atoms. The lowest BCUT2D eigenvalue weighted by atomic mass is 10.1. The van der Waals surface area contributed by atoms with Crippen molar-refractivity contribution < 1.29 is 4.79 Å². The molecule has 3 aromatic rings. The first-order valence-electron chi connectivity index (χ1n) is 6.06. The number of nitrogen functional groups attached to an aromatic ring is 1. The van der Waals surface area contributed by atoms with Crippen LogP contribution in [0.3, 0.4) is 0 Å². The summed E-state index contributed by atoms with van der Waals surface area (Å²) in [5, 5.41) is 5.05. The molecule has 0 aliphatic heterocycles. The Labute approximate surface area is 115 Å². The molecule has 0 unspecified atom stereocenters. The smallest absolute Gasteiger partial charge is 0.251 e. The summed E-state index contributed by atoms with van der Waals surface area (Å²) in [4.78, 5) is 15.6. The molecule has 1 aromatic carbocycles. The number of rotatable bonds is 2. The van der Waals surface area contributed by atoms with Gasteiger partial charge in [-0.15, -0.1) is 0 Å². The van der Waals surface area contributed by atoms with E-state index in [1.54, 1.807) is 16.9 Å². The standard InChI is InChI=1S/C14H13N5O/c1-8-4-13(19-7-9(6-17-19)14(16)20)11-5-10(15)2-3-12(11)18-8/h2-7H,15H2,1H3,(H2,16,20). The second-order valence-electron chi connectivity index (χ2n) is 4.60. The maximum Gasteiger partial charge on any atom is 0.251 e. The van der Waals surface area contributed by atoms with Crippen molar-refractivity contribution in [2.24, 2.45) is 5.73 Å². The first-order chi connectivity index (χ1) is 9.54. The summed E-state index contributed by atoms with van der Waals surface area (Å²) in [5.41, 5.74) is 14.6. The number of nitrogens with zero attached hydrogens (tertiary/aromatic N) is 3. The van der Waals surface area contributed by atoms with E-state index in [1.807, 2.05) is 25.1 Å². The molecule has 4 N–H and O–H groups in total. The van der Waals surface area contributed by atoms with Crippen molar-refractivity contribution in [3.63, 3.8) is 0 Å². The van der Waals surface area contributed by atoms with E-state index >= 15 is 0 Å². The molecule has 0 aliphatic rings. The van der Waals surface area contributed by atoms with Gasteiger partial charge in [-0.1, -0.05) is 0 Å². The fourth-order valence-corrected chi connectivity index (χ4v) is 2.13. The lowest BCUT2D eigenvalue weighted by molar-refractivity contribution is 0.100. The topological polar surface area (TPSA) is 99.8 Å². The number of fused-ring (bicyclic) bond motifs is 1. The van der Waals surface area contributed by atoms with Crippen LogP contribution in [0.2, 0.25) is 0 Å². The van der Waals surface area contributed by atoms with Crippen LogP contribution in [-0.4, -0.2) is 20.7 Å². The van der Waals surface area contributed by atoms with E-state index in [0.717, 1.165) is 22.3 Å². The minimum absolute atomic E-state index is 0.358. The molecule has 1 amide bonds. The lowest BCUT2D eigenvalue weighted by Gasteiger charge is -2.08. The number of aryl methyl sites for hydroxylation is 1. The number of pyridine rings is 1. The first-order valence-corrected chi connectivity index (χ1v) is 6.06. The van der Waals surface area contributed by atoms with Gasteiger partial charge >= 0.3 is 0 Å². The highest BCUT2D eigenvalue weighted by Crippen LogP contribution is 2.24. The Morgan fingerprint density at radius 3 is 2.80 bits per heavy atom. The van der Waals surface area contributed by atoms with E-state index in [2.05, 4.69) is 10.1 Å². The Kier molecular flexibility index (Phi) is 2.64. The SMILES string of the molecule is Cc1cc(-n2cc(C(N)=O)cn2)c2cc(N)ccc2n1. The summed E-state index contributed by atoms with van der Waals surface area (Å²) in [6, 6.07) is 7.39. The molecule has 0 spiro atoms. The molecule has 6 heteroatoms. The normalized spacial score (nSPS) is 10.8. The Balaban J connectivity index is 2.28. The van der Waals surface area contributed by atoms with Crippen LogP contribution in [0.25, 0.3) is 16.6 Å².